The molecule has 12 heteroatoms. The van der Waals surface area contributed by atoms with Gasteiger partial charge in [0, 0.05) is 6.07 Å². The zero-order valence-corrected chi connectivity index (χ0v) is 16.5. The van der Waals surface area contributed by atoms with E-state index < -0.39 is 28.4 Å². The van der Waals surface area contributed by atoms with Gasteiger partial charge in [0.25, 0.3) is 5.69 Å². The lowest BCUT2D eigenvalue weighted by molar-refractivity contribution is -0.384. The second-order valence-electron chi connectivity index (χ2n) is 4.83. The van der Waals surface area contributed by atoms with E-state index in [4.69, 9.17) is 4.74 Å². The highest BCUT2D eigenvalue weighted by Gasteiger charge is 2.37. The minimum absolute atomic E-state index is 0.158. The lowest BCUT2D eigenvalue weighted by atomic mass is 10.1. The van der Waals surface area contributed by atoms with Crippen molar-refractivity contribution in [3.63, 3.8) is 0 Å². The van der Waals surface area contributed by atoms with Crippen LogP contribution in [-0.4, -0.2) is 44.4 Å². The highest BCUT2D eigenvalue weighted by molar-refractivity contribution is 9.11. The fraction of sp³-hybridized carbons (Fsp3) is 0.286. The van der Waals surface area contributed by atoms with Gasteiger partial charge in [-0.05, 0) is 31.9 Å². The van der Waals surface area contributed by atoms with Gasteiger partial charge in [0.1, 0.15) is 18.1 Å². The number of nitrogens with zero attached hydrogens (tertiary/aromatic N) is 2. The Morgan fingerprint density at radius 3 is 2.46 bits per heavy atom. The lowest BCUT2D eigenvalue weighted by Crippen LogP contribution is -2.39. The van der Waals surface area contributed by atoms with Crippen molar-refractivity contribution >= 4 is 55.2 Å². The number of benzene rings is 1. The molecule has 0 fully saturated rings. The Morgan fingerprint density at radius 2 is 1.92 bits per heavy atom. The summed E-state index contributed by atoms with van der Waals surface area (Å²) in [6.07, 6.45) is 0. The summed E-state index contributed by atoms with van der Waals surface area (Å²) in [5.41, 5.74) is -1.38. The minimum Gasteiger partial charge on any atom is -0.466 e. The standard InChI is InChI=1S/C14H11Br2FN2O7/c1-24-13(20)6-4-26-5-18(11(6)14(21)25-2)12-8(19(22)23)3-7(15)10(17)9(12)16/h3H,4-5H2,1-2H3. The number of carbonyl (C=O) groups is 2. The van der Waals surface area contributed by atoms with Crippen molar-refractivity contribution in [1.29, 1.82) is 0 Å². The number of nitro groups is 1. The Labute approximate surface area is 163 Å². The number of hydrogen-bond acceptors (Lipinski definition) is 8. The van der Waals surface area contributed by atoms with Crippen molar-refractivity contribution < 1.29 is 33.1 Å². The molecule has 0 saturated heterocycles. The maximum absolute atomic E-state index is 14.3. The number of carbonyl (C=O) groups excluding carboxylic acids is 2. The summed E-state index contributed by atoms with van der Waals surface area (Å²) >= 11 is 5.85. The molecule has 26 heavy (non-hydrogen) atoms. The summed E-state index contributed by atoms with van der Waals surface area (Å²) in [4.78, 5) is 35.9. The normalized spacial score (nSPS) is 14.3. The molecule has 1 aliphatic heterocycles. The van der Waals surface area contributed by atoms with Gasteiger partial charge >= 0.3 is 11.9 Å². The highest BCUT2D eigenvalue weighted by atomic mass is 79.9. The van der Waals surface area contributed by atoms with Gasteiger partial charge in [-0.25, -0.2) is 14.0 Å². The molecule has 0 radical (unpaired) electrons. The van der Waals surface area contributed by atoms with Crippen LogP contribution in [0.1, 0.15) is 0 Å². The van der Waals surface area contributed by atoms with Crippen molar-refractivity contribution in [2.24, 2.45) is 0 Å². The smallest absolute Gasteiger partial charge is 0.355 e. The van der Waals surface area contributed by atoms with E-state index >= 15 is 0 Å². The fourth-order valence-corrected chi connectivity index (χ4v) is 3.60. The molecule has 2 rings (SSSR count). The van der Waals surface area contributed by atoms with Gasteiger partial charge in [-0.1, -0.05) is 0 Å². The van der Waals surface area contributed by atoms with E-state index in [1.54, 1.807) is 0 Å². The van der Waals surface area contributed by atoms with Crippen LogP contribution in [0.3, 0.4) is 0 Å². The van der Waals surface area contributed by atoms with E-state index in [9.17, 15) is 24.1 Å². The van der Waals surface area contributed by atoms with Crippen molar-refractivity contribution in [2.75, 3.05) is 32.5 Å². The molecule has 1 aliphatic rings. The number of hydrogen-bond donors (Lipinski definition) is 0. The third kappa shape index (κ3) is 3.57. The number of nitro benzene ring substituents is 1. The van der Waals surface area contributed by atoms with Gasteiger partial charge in [-0.15, -0.1) is 0 Å². The Bertz CT molecular complexity index is 828. The number of methoxy groups -OCH3 is 2. The minimum atomic E-state index is -0.960. The molecule has 0 aliphatic carbocycles. The van der Waals surface area contributed by atoms with Crippen LogP contribution in [0, 0.1) is 15.9 Å². The van der Waals surface area contributed by atoms with Crippen LogP contribution in [0.2, 0.25) is 0 Å². The van der Waals surface area contributed by atoms with Gasteiger partial charge in [0.2, 0.25) is 0 Å². The number of rotatable bonds is 4. The van der Waals surface area contributed by atoms with Crippen molar-refractivity contribution in [1.82, 2.24) is 0 Å². The van der Waals surface area contributed by atoms with Crippen LogP contribution in [0.5, 0.6) is 0 Å². The Morgan fingerprint density at radius 1 is 1.31 bits per heavy atom. The maximum Gasteiger partial charge on any atom is 0.355 e. The molecule has 0 bridgehead atoms. The third-order valence-corrected chi connectivity index (χ3v) is 4.72. The van der Waals surface area contributed by atoms with Crippen molar-refractivity contribution in [3.8, 4) is 0 Å². The third-order valence-electron chi connectivity index (χ3n) is 3.42. The van der Waals surface area contributed by atoms with E-state index in [0.717, 1.165) is 25.2 Å². The molecule has 1 heterocycles. The number of halogens is 3. The first kappa shape index (κ1) is 20.3. The van der Waals surface area contributed by atoms with Crippen LogP contribution in [0.15, 0.2) is 26.3 Å². The molecular formula is C14H11Br2FN2O7. The number of anilines is 1. The predicted molar refractivity (Wildman–Crippen MR) is 92.8 cm³/mol. The summed E-state index contributed by atoms with van der Waals surface area (Å²) in [6.45, 7) is -0.635. The van der Waals surface area contributed by atoms with E-state index in [2.05, 4.69) is 41.3 Å². The molecule has 0 N–H and O–H groups in total. The first-order valence-electron chi connectivity index (χ1n) is 6.81. The van der Waals surface area contributed by atoms with E-state index in [-0.39, 0.29) is 39.2 Å². The summed E-state index contributed by atoms with van der Waals surface area (Å²) in [7, 11) is 2.17. The molecule has 0 amide bonds. The zero-order valence-electron chi connectivity index (χ0n) is 13.4. The van der Waals surface area contributed by atoms with Gasteiger partial charge < -0.3 is 19.1 Å². The second kappa shape index (κ2) is 8.10. The molecule has 1 aromatic carbocycles. The second-order valence-corrected chi connectivity index (χ2v) is 6.47. The average molecular weight is 498 g/mol. The first-order valence-corrected chi connectivity index (χ1v) is 8.40. The Hall–Kier alpha value is -2.05. The monoisotopic (exact) mass is 496 g/mol. The maximum atomic E-state index is 14.3. The van der Waals surface area contributed by atoms with Crippen LogP contribution in [-0.2, 0) is 23.8 Å². The molecule has 0 atom stereocenters. The van der Waals surface area contributed by atoms with E-state index in [1.165, 1.54) is 0 Å². The molecule has 9 nitrogen and oxygen atoms in total. The molecule has 0 aromatic heterocycles. The van der Waals surface area contributed by atoms with E-state index in [1.807, 2.05) is 0 Å². The fourth-order valence-electron chi connectivity index (χ4n) is 2.29. The zero-order chi connectivity index (χ0) is 19.6. The first-order chi connectivity index (χ1) is 12.2. The quantitative estimate of drug-likeness (QED) is 0.270. The highest BCUT2D eigenvalue weighted by Crippen LogP contribution is 2.43. The molecule has 0 unspecified atom stereocenters. The average Bonchev–Trinajstić information content (AvgIpc) is 2.63. The number of esters is 2. The topological polar surface area (TPSA) is 108 Å². The van der Waals surface area contributed by atoms with Crippen molar-refractivity contribution in [3.05, 3.63) is 42.2 Å². The van der Waals surface area contributed by atoms with Crippen LogP contribution in [0.25, 0.3) is 0 Å². The summed E-state index contributed by atoms with van der Waals surface area (Å²) in [5, 5.41) is 11.4. The molecule has 0 spiro atoms. The van der Waals surface area contributed by atoms with E-state index in [0.29, 0.717) is 0 Å². The Balaban J connectivity index is 2.81. The van der Waals surface area contributed by atoms with Gasteiger partial charge in [-0.3, -0.25) is 10.1 Å². The van der Waals surface area contributed by atoms with Gasteiger partial charge in [-0.2, -0.15) is 0 Å². The lowest BCUT2D eigenvalue weighted by Gasteiger charge is -2.31. The predicted octanol–water partition coefficient (Wildman–Crippen LogP) is 2.65. The molecular weight excluding hydrogens is 487 g/mol. The largest absolute Gasteiger partial charge is 0.466 e. The summed E-state index contributed by atoms with van der Waals surface area (Å²) in [5.74, 6) is -2.68. The van der Waals surface area contributed by atoms with Crippen LogP contribution >= 0.6 is 31.9 Å². The van der Waals surface area contributed by atoms with Gasteiger partial charge in [0.05, 0.1) is 40.3 Å². The van der Waals surface area contributed by atoms with Crippen molar-refractivity contribution in [2.45, 2.75) is 0 Å². The molecule has 1 aromatic rings. The molecule has 140 valence electrons. The van der Waals surface area contributed by atoms with Crippen LogP contribution < -0.4 is 4.90 Å². The summed E-state index contributed by atoms with van der Waals surface area (Å²) in [6, 6.07) is 0.941. The molecule has 0 saturated carbocycles. The number of ether oxygens (including phenoxy) is 3. The van der Waals surface area contributed by atoms with Crippen LogP contribution in [0.4, 0.5) is 15.8 Å². The SMILES string of the molecule is COC(=O)C1=C(C(=O)OC)N(c2c([N+](=O)[O-])cc(Br)c(F)c2Br)COC1. The summed E-state index contributed by atoms with van der Waals surface area (Å²) < 4.78 is 28.4. The van der Waals surface area contributed by atoms with Gasteiger partial charge in [0.15, 0.2) is 5.82 Å². The Kier molecular flexibility index (Phi) is 6.31.